The van der Waals surface area contributed by atoms with Crippen LogP contribution >= 0.6 is 0 Å². The summed E-state index contributed by atoms with van der Waals surface area (Å²) in [4.78, 5) is 33.2. The van der Waals surface area contributed by atoms with E-state index in [1.165, 1.54) is 7.11 Å². The molecule has 0 aliphatic carbocycles. The summed E-state index contributed by atoms with van der Waals surface area (Å²) in [5, 5.41) is 5.38. The fraction of sp³-hybridized carbons (Fsp3) is 0.615. The van der Waals surface area contributed by atoms with Gasteiger partial charge in [-0.15, -0.1) is 0 Å². The number of hydrogen-bond donors (Lipinski definition) is 2. The second-order valence-electron chi connectivity index (χ2n) is 5.01. The van der Waals surface area contributed by atoms with Gasteiger partial charge in [0.25, 0.3) is 0 Å². The third kappa shape index (κ3) is 11.1. The molecule has 0 aromatic heterocycles. The number of rotatable bonds is 6. The van der Waals surface area contributed by atoms with Crippen molar-refractivity contribution < 1.29 is 23.9 Å². The summed E-state index contributed by atoms with van der Waals surface area (Å²) in [5.74, 6) is -1.25. The molecule has 0 fully saturated rings. The highest BCUT2D eigenvalue weighted by Crippen LogP contribution is 1.97. The molecule has 7 nitrogen and oxygen atoms in total. The molecule has 0 aromatic rings. The Morgan fingerprint density at radius 1 is 1.10 bits per heavy atom. The zero-order valence-corrected chi connectivity index (χ0v) is 12.3. The lowest BCUT2D eigenvalue weighted by Crippen LogP contribution is -2.46. The van der Waals surface area contributed by atoms with E-state index in [0.717, 1.165) is 12.2 Å². The van der Waals surface area contributed by atoms with Gasteiger partial charge in [0, 0.05) is 24.2 Å². The molecule has 7 heteroatoms. The van der Waals surface area contributed by atoms with Gasteiger partial charge < -0.3 is 20.1 Å². The molecule has 0 heterocycles. The lowest BCUT2D eigenvalue weighted by Gasteiger charge is -2.20. The summed E-state index contributed by atoms with van der Waals surface area (Å²) in [6.45, 7) is 6.17. The second-order valence-corrected chi connectivity index (χ2v) is 5.01. The van der Waals surface area contributed by atoms with E-state index in [-0.39, 0.29) is 18.2 Å². The molecule has 0 aliphatic rings. The van der Waals surface area contributed by atoms with Crippen molar-refractivity contribution in [3.63, 3.8) is 0 Å². The zero-order chi connectivity index (χ0) is 15.6. The van der Waals surface area contributed by atoms with E-state index in [4.69, 9.17) is 4.74 Å². The number of esters is 2. The van der Waals surface area contributed by atoms with Crippen molar-refractivity contribution in [1.82, 2.24) is 10.6 Å². The van der Waals surface area contributed by atoms with Gasteiger partial charge in [-0.05, 0) is 27.2 Å². The monoisotopic (exact) mass is 286 g/mol. The third-order valence-corrected chi connectivity index (χ3v) is 1.90. The van der Waals surface area contributed by atoms with Crippen molar-refractivity contribution in [1.29, 1.82) is 0 Å². The first-order valence-electron chi connectivity index (χ1n) is 6.23. The van der Waals surface area contributed by atoms with E-state index < -0.39 is 11.9 Å². The van der Waals surface area contributed by atoms with Crippen molar-refractivity contribution >= 4 is 18.0 Å². The first kappa shape index (κ1) is 17.9. The highest BCUT2D eigenvalue weighted by atomic mass is 16.5. The number of nitrogens with one attached hydrogen (secondary N) is 2. The van der Waals surface area contributed by atoms with Gasteiger partial charge in [-0.3, -0.25) is 0 Å². The van der Waals surface area contributed by atoms with Crippen molar-refractivity contribution in [2.24, 2.45) is 0 Å². The Hall–Kier alpha value is -2.05. The Bertz CT molecular complexity index is 371. The maximum Gasteiger partial charge on any atom is 0.331 e. The molecule has 0 aromatic carbocycles. The predicted octanol–water partition coefficient (Wildman–Crippen LogP) is 0.747. The van der Waals surface area contributed by atoms with Crippen LogP contribution in [-0.2, 0) is 19.1 Å². The standard InChI is InChI=1S/C13H22N2O5/c1-13(2,3)15-12(18)14-8-5-9-20-11(17)7-6-10(16)19-4/h6-7H,5,8-9H2,1-4H3,(H2,14,15,18)/b7-6+. The smallest absolute Gasteiger partial charge is 0.331 e. The highest BCUT2D eigenvalue weighted by Gasteiger charge is 2.12. The van der Waals surface area contributed by atoms with Gasteiger partial charge >= 0.3 is 18.0 Å². The van der Waals surface area contributed by atoms with Crippen LogP contribution in [0.15, 0.2) is 12.2 Å². The van der Waals surface area contributed by atoms with Crippen LogP contribution in [0.4, 0.5) is 4.79 Å². The van der Waals surface area contributed by atoms with E-state index in [1.54, 1.807) is 0 Å². The van der Waals surface area contributed by atoms with E-state index >= 15 is 0 Å². The predicted molar refractivity (Wildman–Crippen MR) is 73.0 cm³/mol. The molecule has 0 bridgehead atoms. The van der Waals surface area contributed by atoms with Crippen LogP contribution in [0.2, 0.25) is 0 Å². The summed E-state index contributed by atoms with van der Waals surface area (Å²) in [6, 6.07) is -0.269. The van der Waals surface area contributed by atoms with Crippen LogP contribution in [0.5, 0.6) is 0 Å². The Kier molecular flexibility index (Phi) is 8.03. The quantitative estimate of drug-likeness (QED) is 0.427. The van der Waals surface area contributed by atoms with Crippen LogP contribution in [-0.4, -0.2) is 43.8 Å². The van der Waals surface area contributed by atoms with Crippen molar-refractivity contribution in [3.8, 4) is 0 Å². The average Bonchev–Trinajstić information content (AvgIpc) is 2.33. The second kappa shape index (κ2) is 8.95. The van der Waals surface area contributed by atoms with Gasteiger partial charge in [0.15, 0.2) is 0 Å². The van der Waals surface area contributed by atoms with E-state index in [2.05, 4.69) is 15.4 Å². The normalized spacial score (nSPS) is 11.0. The largest absolute Gasteiger partial charge is 0.466 e. The Balaban J connectivity index is 3.67. The Morgan fingerprint density at radius 3 is 2.25 bits per heavy atom. The fourth-order valence-corrected chi connectivity index (χ4v) is 1.08. The molecule has 0 radical (unpaired) electrons. The summed E-state index contributed by atoms with van der Waals surface area (Å²) in [6.07, 6.45) is 2.46. The molecule has 0 unspecified atom stereocenters. The first-order valence-corrected chi connectivity index (χ1v) is 6.23. The van der Waals surface area contributed by atoms with Gasteiger partial charge in [-0.2, -0.15) is 0 Å². The minimum absolute atomic E-state index is 0.153. The number of methoxy groups -OCH3 is 1. The maximum atomic E-state index is 11.4. The molecule has 2 amide bonds. The van der Waals surface area contributed by atoms with Gasteiger partial charge in [0.05, 0.1) is 13.7 Å². The Labute approximate surface area is 118 Å². The van der Waals surface area contributed by atoms with Crippen LogP contribution in [0.1, 0.15) is 27.2 Å². The molecule has 0 atom stereocenters. The summed E-state index contributed by atoms with van der Waals surface area (Å²) >= 11 is 0. The molecule has 0 saturated carbocycles. The lowest BCUT2D eigenvalue weighted by molar-refractivity contribution is -0.139. The molecule has 20 heavy (non-hydrogen) atoms. The number of urea groups is 1. The molecule has 0 aliphatic heterocycles. The number of ether oxygens (including phenoxy) is 2. The average molecular weight is 286 g/mol. The van der Waals surface area contributed by atoms with E-state index in [9.17, 15) is 14.4 Å². The molecule has 114 valence electrons. The summed E-state index contributed by atoms with van der Waals surface area (Å²) in [5.41, 5.74) is -0.296. The maximum absolute atomic E-state index is 11.4. The fourth-order valence-electron chi connectivity index (χ4n) is 1.08. The molecule has 0 saturated heterocycles. The topological polar surface area (TPSA) is 93.7 Å². The third-order valence-electron chi connectivity index (χ3n) is 1.90. The molecule has 2 N–H and O–H groups in total. The van der Waals surface area contributed by atoms with Crippen LogP contribution in [0, 0.1) is 0 Å². The van der Waals surface area contributed by atoms with Crippen LogP contribution in [0.3, 0.4) is 0 Å². The zero-order valence-electron chi connectivity index (χ0n) is 12.3. The minimum atomic E-state index is -0.630. The molecule has 0 spiro atoms. The molecular weight excluding hydrogens is 264 g/mol. The first-order chi connectivity index (χ1) is 9.24. The van der Waals surface area contributed by atoms with E-state index in [0.29, 0.717) is 13.0 Å². The number of amides is 2. The van der Waals surface area contributed by atoms with E-state index in [1.807, 2.05) is 20.8 Å². The van der Waals surface area contributed by atoms with Gasteiger partial charge in [0.2, 0.25) is 0 Å². The summed E-state index contributed by atoms with van der Waals surface area (Å²) < 4.78 is 9.14. The van der Waals surface area contributed by atoms with Crippen molar-refractivity contribution in [2.45, 2.75) is 32.7 Å². The lowest BCUT2D eigenvalue weighted by atomic mass is 10.1. The van der Waals surface area contributed by atoms with Crippen LogP contribution < -0.4 is 10.6 Å². The van der Waals surface area contributed by atoms with Gasteiger partial charge in [-0.1, -0.05) is 0 Å². The number of hydrogen-bond acceptors (Lipinski definition) is 5. The number of carbonyl (C=O) groups excluding carboxylic acids is 3. The van der Waals surface area contributed by atoms with Crippen LogP contribution in [0.25, 0.3) is 0 Å². The molecular formula is C13H22N2O5. The molecule has 0 rings (SSSR count). The minimum Gasteiger partial charge on any atom is -0.466 e. The highest BCUT2D eigenvalue weighted by molar-refractivity contribution is 5.91. The van der Waals surface area contributed by atoms with Crippen molar-refractivity contribution in [3.05, 3.63) is 12.2 Å². The van der Waals surface area contributed by atoms with Gasteiger partial charge in [0.1, 0.15) is 0 Å². The Morgan fingerprint density at radius 2 is 1.70 bits per heavy atom. The summed E-state index contributed by atoms with van der Waals surface area (Å²) in [7, 11) is 1.21. The van der Waals surface area contributed by atoms with Gasteiger partial charge in [-0.25, -0.2) is 14.4 Å². The number of carbonyl (C=O) groups is 3. The SMILES string of the molecule is COC(=O)/C=C/C(=O)OCCCNC(=O)NC(C)(C)C. The van der Waals surface area contributed by atoms with Crippen molar-refractivity contribution in [2.75, 3.05) is 20.3 Å².